The zero-order valence-electron chi connectivity index (χ0n) is 8.18. The van der Waals surface area contributed by atoms with Crippen LogP contribution in [0.2, 0.25) is 0 Å². The summed E-state index contributed by atoms with van der Waals surface area (Å²) in [5, 5.41) is 11.7. The second-order valence-electron chi connectivity index (χ2n) is 3.03. The van der Waals surface area contributed by atoms with Gasteiger partial charge in [-0.25, -0.2) is 14.4 Å². The van der Waals surface area contributed by atoms with E-state index < -0.39 is 0 Å². The summed E-state index contributed by atoms with van der Waals surface area (Å²) in [6.45, 7) is 0. The van der Waals surface area contributed by atoms with E-state index in [1.165, 1.54) is 24.7 Å². The van der Waals surface area contributed by atoms with Gasteiger partial charge in [0.2, 0.25) is 0 Å². The molecule has 0 aliphatic rings. The number of anilines is 2. The summed E-state index contributed by atoms with van der Waals surface area (Å²) < 4.78 is 12.7. The first kappa shape index (κ1) is 10.1. The lowest BCUT2D eigenvalue weighted by Crippen LogP contribution is -1.97. The fourth-order valence-electron chi connectivity index (χ4n) is 1.18. The minimum atomic E-state index is -0.311. The third kappa shape index (κ3) is 2.12. The molecule has 0 radical (unpaired) electrons. The standard InChI is InChI=1S/C11H7FN4/c12-9-1-3-10(4-2-9)16-11-8(5-13)6-14-7-15-11/h1-4,6-7H,(H,14,15,16). The van der Waals surface area contributed by atoms with Crippen molar-refractivity contribution >= 4 is 11.5 Å². The number of nitrogens with zero attached hydrogens (tertiary/aromatic N) is 3. The van der Waals surface area contributed by atoms with Crippen molar-refractivity contribution in [3.05, 3.63) is 48.2 Å². The monoisotopic (exact) mass is 214 g/mol. The number of aromatic nitrogens is 2. The molecule has 0 bridgehead atoms. The Morgan fingerprint density at radius 3 is 2.69 bits per heavy atom. The first-order valence-corrected chi connectivity index (χ1v) is 4.52. The largest absolute Gasteiger partial charge is 0.339 e. The van der Waals surface area contributed by atoms with Crippen LogP contribution >= 0.6 is 0 Å². The third-order valence-corrected chi connectivity index (χ3v) is 1.94. The lowest BCUT2D eigenvalue weighted by Gasteiger charge is -2.05. The van der Waals surface area contributed by atoms with Crippen molar-refractivity contribution in [1.82, 2.24) is 9.97 Å². The van der Waals surface area contributed by atoms with E-state index in [1.807, 2.05) is 6.07 Å². The van der Waals surface area contributed by atoms with Crippen LogP contribution in [0.1, 0.15) is 5.56 Å². The quantitative estimate of drug-likeness (QED) is 0.832. The molecule has 0 amide bonds. The molecule has 0 aliphatic heterocycles. The highest BCUT2D eigenvalue weighted by atomic mass is 19.1. The van der Waals surface area contributed by atoms with Crippen LogP contribution in [0.3, 0.4) is 0 Å². The van der Waals surface area contributed by atoms with Crippen molar-refractivity contribution in [2.75, 3.05) is 5.32 Å². The van der Waals surface area contributed by atoms with Crippen molar-refractivity contribution in [2.45, 2.75) is 0 Å². The van der Waals surface area contributed by atoms with Gasteiger partial charge in [0.15, 0.2) is 5.82 Å². The van der Waals surface area contributed by atoms with Crippen molar-refractivity contribution in [2.24, 2.45) is 0 Å². The highest BCUT2D eigenvalue weighted by molar-refractivity contribution is 5.61. The number of halogens is 1. The second-order valence-corrected chi connectivity index (χ2v) is 3.03. The molecule has 0 spiro atoms. The Balaban J connectivity index is 2.27. The normalized spacial score (nSPS) is 9.50. The van der Waals surface area contributed by atoms with E-state index in [2.05, 4.69) is 15.3 Å². The maximum Gasteiger partial charge on any atom is 0.151 e. The molecule has 78 valence electrons. The molecule has 1 aromatic heterocycles. The van der Waals surface area contributed by atoms with Crippen LogP contribution in [-0.2, 0) is 0 Å². The van der Waals surface area contributed by atoms with Crippen LogP contribution in [0.15, 0.2) is 36.8 Å². The van der Waals surface area contributed by atoms with Crippen molar-refractivity contribution in [1.29, 1.82) is 5.26 Å². The highest BCUT2D eigenvalue weighted by Crippen LogP contribution is 2.16. The molecule has 1 heterocycles. The van der Waals surface area contributed by atoms with Crippen LogP contribution in [-0.4, -0.2) is 9.97 Å². The van der Waals surface area contributed by atoms with Gasteiger partial charge in [0, 0.05) is 5.69 Å². The van der Waals surface area contributed by atoms with Gasteiger partial charge >= 0.3 is 0 Å². The average molecular weight is 214 g/mol. The molecule has 4 nitrogen and oxygen atoms in total. The van der Waals surface area contributed by atoms with E-state index in [9.17, 15) is 4.39 Å². The smallest absolute Gasteiger partial charge is 0.151 e. The van der Waals surface area contributed by atoms with E-state index in [1.54, 1.807) is 12.1 Å². The lowest BCUT2D eigenvalue weighted by atomic mass is 10.3. The SMILES string of the molecule is N#Cc1cncnc1Nc1ccc(F)cc1. The molecule has 0 saturated heterocycles. The number of rotatable bonds is 2. The molecule has 16 heavy (non-hydrogen) atoms. The Bertz CT molecular complexity index is 530. The van der Waals surface area contributed by atoms with Gasteiger partial charge < -0.3 is 5.32 Å². The first-order valence-electron chi connectivity index (χ1n) is 4.52. The summed E-state index contributed by atoms with van der Waals surface area (Å²) in [6.07, 6.45) is 2.76. The molecule has 2 aromatic rings. The molecule has 0 unspecified atom stereocenters. The van der Waals surface area contributed by atoms with Gasteiger partial charge in [-0.2, -0.15) is 5.26 Å². The molecular formula is C11H7FN4. The predicted molar refractivity (Wildman–Crippen MR) is 56.4 cm³/mol. The topological polar surface area (TPSA) is 61.6 Å². The van der Waals surface area contributed by atoms with Crippen LogP contribution in [0.25, 0.3) is 0 Å². The van der Waals surface area contributed by atoms with Gasteiger partial charge in [0.25, 0.3) is 0 Å². The maximum atomic E-state index is 12.7. The molecule has 5 heteroatoms. The van der Waals surface area contributed by atoms with Gasteiger partial charge in [-0.3, -0.25) is 0 Å². The molecule has 1 N–H and O–H groups in total. The lowest BCUT2D eigenvalue weighted by molar-refractivity contribution is 0.628. The summed E-state index contributed by atoms with van der Waals surface area (Å²) in [5.74, 6) is 0.0952. The zero-order chi connectivity index (χ0) is 11.4. The van der Waals surface area contributed by atoms with Crippen molar-refractivity contribution in [3.8, 4) is 6.07 Å². The Kier molecular flexibility index (Phi) is 2.74. The van der Waals surface area contributed by atoms with E-state index in [0.717, 1.165) is 0 Å². The van der Waals surface area contributed by atoms with Crippen LogP contribution in [0.4, 0.5) is 15.9 Å². The summed E-state index contributed by atoms with van der Waals surface area (Å²) in [4.78, 5) is 7.67. The summed E-state index contributed by atoms with van der Waals surface area (Å²) in [5.41, 5.74) is 1.00. The van der Waals surface area contributed by atoms with E-state index in [-0.39, 0.29) is 5.82 Å². The van der Waals surface area contributed by atoms with Gasteiger partial charge in [0.05, 0.1) is 6.20 Å². The number of hydrogen-bond acceptors (Lipinski definition) is 4. The Hall–Kier alpha value is -2.48. The second kappa shape index (κ2) is 4.36. The van der Waals surface area contributed by atoms with Crippen LogP contribution in [0, 0.1) is 17.1 Å². The van der Waals surface area contributed by atoms with E-state index in [0.29, 0.717) is 17.1 Å². The molecule has 2 rings (SSSR count). The molecule has 0 fully saturated rings. The Morgan fingerprint density at radius 2 is 2.00 bits per heavy atom. The first-order chi connectivity index (χ1) is 7.79. The number of nitrogens with one attached hydrogen (secondary N) is 1. The molecule has 0 aliphatic carbocycles. The van der Waals surface area contributed by atoms with Gasteiger partial charge in [-0.1, -0.05) is 0 Å². The fraction of sp³-hybridized carbons (Fsp3) is 0. The fourth-order valence-corrected chi connectivity index (χ4v) is 1.18. The number of hydrogen-bond donors (Lipinski definition) is 1. The van der Waals surface area contributed by atoms with E-state index in [4.69, 9.17) is 5.26 Å². The Morgan fingerprint density at radius 1 is 1.25 bits per heavy atom. The van der Waals surface area contributed by atoms with Crippen LogP contribution < -0.4 is 5.32 Å². The minimum absolute atomic E-state index is 0.311. The van der Waals surface area contributed by atoms with Gasteiger partial charge in [-0.15, -0.1) is 0 Å². The molecule has 0 saturated carbocycles. The van der Waals surface area contributed by atoms with Gasteiger partial charge in [-0.05, 0) is 24.3 Å². The summed E-state index contributed by atoms with van der Waals surface area (Å²) >= 11 is 0. The summed E-state index contributed by atoms with van der Waals surface area (Å²) in [6, 6.07) is 7.76. The van der Waals surface area contributed by atoms with E-state index >= 15 is 0 Å². The maximum absolute atomic E-state index is 12.7. The highest BCUT2D eigenvalue weighted by Gasteiger charge is 2.03. The minimum Gasteiger partial charge on any atom is -0.339 e. The van der Waals surface area contributed by atoms with Crippen molar-refractivity contribution in [3.63, 3.8) is 0 Å². The molecular weight excluding hydrogens is 207 g/mol. The van der Waals surface area contributed by atoms with Crippen molar-refractivity contribution < 1.29 is 4.39 Å². The zero-order valence-corrected chi connectivity index (χ0v) is 8.18. The summed E-state index contributed by atoms with van der Waals surface area (Å²) in [7, 11) is 0. The Labute approximate surface area is 91.4 Å². The molecule has 0 atom stereocenters. The molecule has 1 aromatic carbocycles. The third-order valence-electron chi connectivity index (χ3n) is 1.94. The number of nitriles is 1. The van der Waals surface area contributed by atoms with Crippen LogP contribution in [0.5, 0.6) is 0 Å². The van der Waals surface area contributed by atoms with Gasteiger partial charge in [0.1, 0.15) is 23.8 Å². The average Bonchev–Trinajstić information content (AvgIpc) is 2.33. The number of benzene rings is 1. The predicted octanol–water partition coefficient (Wildman–Crippen LogP) is 2.23.